The summed E-state index contributed by atoms with van der Waals surface area (Å²) < 4.78 is 31.3. The summed E-state index contributed by atoms with van der Waals surface area (Å²) in [5.41, 5.74) is 0. The molecule has 7 nitrogen and oxygen atoms in total. The predicted molar refractivity (Wildman–Crippen MR) is 65.8 cm³/mol. The third-order valence-electron chi connectivity index (χ3n) is 2.67. The summed E-state index contributed by atoms with van der Waals surface area (Å²) in [6, 6.07) is 0. The van der Waals surface area contributed by atoms with Crippen LogP contribution in [0.5, 0.6) is 0 Å². The van der Waals surface area contributed by atoms with E-state index >= 15 is 0 Å². The summed E-state index contributed by atoms with van der Waals surface area (Å²) in [5, 5.41) is 2.74. The zero-order valence-corrected chi connectivity index (χ0v) is 11.0. The van der Waals surface area contributed by atoms with Crippen molar-refractivity contribution < 1.29 is 13.2 Å². The quantitative estimate of drug-likeness (QED) is 0.829. The lowest BCUT2D eigenvalue weighted by Crippen LogP contribution is -2.33. The molecule has 0 saturated carbocycles. The molecule has 0 radical (unpaired) electrons. The van der Waals surface area contributed by atoms with Crippen LogP contribution < -0.4 is 5.32 Å². The molecule has 8 heteroatoms. The van der Waals surface area contributed by atoms with Crippen molar-refractivity contribution in [2.45, 2.75) is 11.3 Å². The van der Waals surface area contributed by atoms with Gasteiger partial charge in [-0.05, 0) is 6.42 Å². The van der Waals surface area contributed by atoms with Crippen molar-refractivity contribution >= 4 is 16.0 Å². The summed E-state index contributed by atoms with van der Waals surface area (Å²) in [4.78, 5) is 7.96. The molecule has 0 bridgehead atoms. The molecule has 0 aromatic carbocycles. The van der Waals surface area contributed by atoms with Gasteiger partial charge in [0, 0.05) is 26.7 Å². The van der Waals surface area contributed by atoms with Crippen LogP contribution in [0.25, 0.3) is 0 Å². The van der Waals surface area contributed by atoms with Gasteiger partial charge >= 0.3 is 0 Å². The zero-order valence-electron chi connectivity index (χ0n) is 10.2. The largest absolute Gasteiger partial charge is 0.380 e. The molecular formula is C10H16N4O3S. The lowest BCUT2D eigenvalue weighted by Gasteiger charge is -2.18. The summed E-state index contributed by atoms with van der Waals surface area (Å²) in [7, 11) is -1.83. The topological polar surface area (TPSA) is 84.4 Å². The minimum Gasteiger partial charge on any atom is -0.380 e. The molecular weight excluding hydrogens is 256 g/mol. The maximum Gasteiger partial charge on any atom is 0.246 e. The monoisotopic (exact) mass is 272 g/mol. The second kappa shape index (κ2) is 5.59. The zero-order chi connectivity index (χ0) is 13.0. The molecule has 1 saturated heterocycles. The van der Waals surface area contributed by atoms with Gasteiger partial charge in [-0.15, -0.1) is 0 Å². The first-order chi connectivity index (χ1) is 8.64. The fourth-order valence-corrected chi connectivity index (χ4v) is 3.05. The van der Waals surface area contributed by atoms with Crippen LogP contribution in [-0.2, 0) is 14.8 Å². The Hall–Kier alpha value is -1.25. The molecule has 0 spiro atoms. The summed E-state index contributed by atoms with van der Waals surface area (Å²) in [5.74, 6) is 0.396. The first-order valence-corrected chi connectivity index (χ1v) is 7.16. The van der Waals surface area contributed by atoms with Crippen molar-refractivity contribution in [3.8, 4) is 0 Å². The average molecular weight is 272 g/mol. The van der Waals surface area contributed by atoms with Crippen molar-refractivity contribution in [1.29, 1.82) is 0 Å². The van der Waals surface area contributed by atoms with E-state index in [1.54, 1.807) is 7.05 Å². The van der Waals surface area contributed by atoms with Crippen LogP contribution in [0.3, 0.4) is 0 Å². The summed E-state index contributed by atoms with van der Waals surface area (Å²) >= 11 is 0. The van der Waals surface area contributed by atoms with Gasteiger partial charge in [-0.25, -0.2) is 18.4 Å². The number of hydrogen-bond acceptors (Lipinski definition) is 6. The van der Waals surface area contributed by atoms with Crippen LogP contribution in [-0.4, -0.2) is 56.0 Å². The molecule has 2 rings (SSSR count). The molecule has 2 heterocycles. The lowest BCUT2D eigenvalue weighted by atomic mass is 10.5. The molecule has 0 unspecified atom stereocenters. The minimum atomic E-state index is -3.51. The van der Waals surface area contributed by atoms with Gasteiger partial charge < -0.3 is 10.1 Å². The molecule has 1 N–H and O–H groups in total. The van der Waals surface area contributed by atoms with E-state index in [9.17, 15) is 8.42 Å². The van der Waals surface area contributed by atoms with E-state index in [0.29, 0.717) is 38.7 Å². The van der Waals surface area contributed by atoms with Gasteiger partial charge in [0.05, 0.1) is 19.0 Å². The lowest BCUT2D eigenvalue weighted by molar-refractivity contribution is 0.148. The van der Waals surface area contributed by atoms with E-state index in [1.165, 1.54) is 16.7 Å². The molecule has 0 aliphatic carbocycles. The number of aromatic nitrogens is 2. The van der Waals surface area contributed by atoms with Gasteiger partial charge in [-0.3, -0.25) is 0 Å². The van der Waals surface area contributed by atoms with Crippen LogP contribution in [0.15, 0.2) is 17.3 Å². The molecule has 1 fully saturated rings. The molecule has 0 amide bonds. The van der Waals surface area contributed by atoms with Crippen molar-refractivity contribution in [3.63, 3.8) is 0 Å². The van der Waals surface area contributed by atoms with E-state index < -0.39 is 10.0 Å². The Kier molecular flexibility index (Phi) is 4.10. The Morgan fingerprint density at radius 2 is 2.00 bits per heavy atom. The number of nitrogens with zero attached hydrogens (tertiary/aromatic N) is 3. The van der Waals surface area contributed by atoms with Gasteiger partial charge in [-0.2, -0.15) is 4.31 Å². The van der Waals surface area contributed by atoms with E-state index in [1.807, 2.05) is 0 Å². The molecule has 100 valence electrons. The Bertz CT molecular complexity index is 480. The highest BCUT2D eigenvalue weighted by molar-refractivity contribution is 7.89. The molecule has 0 atom stereocenters. The van der Waals surface area contributed by atoms with Crippen LogP contribution in [0.1, 0.15) is 6.42 Å². The van der Waals surface area contributed by atoms with Crippen molar-refractivity contribution in [3.05, 3.63) is 12.4 Å². The van der Waals surface area contributed by atoms with E-state index in [4.69, 9.17) is 4.74 Å². The van der Waals surface area contributed by atoms with E-state index in [0.717, 1.165) is 0 Å². The third kappa shape index (κ3) is 2.77. The molecule has 1 aliphatic heterocycles. The van der Waals surface area contributed by atoms with Crippen molar-refractivity contribution in [2.24, 2.45) is 0 Å². The third-order valence-corrected chi connectivity index (χ3v) is 4.52. The first-order valence-electron chi connectivity index (χ1n) is 5.72. The van der Waals surface area contributed by atoms with Crippen LogP contribution in [0.4, 0.5) is 5.95 Å². The highest BCUT2D eigenvalue weighted by Crippen LogP contribution is 2.16. The van der Waals surface area contributed by atoms with Crippen LogP contribution >= 0.6 is 0 Å². The SMILES string of the molecule is CNc1ncc(S(=O)(=O)N2CCCOCC2)cn1. The normalized spacial score (nSPS) is 18.3. The smallest absolute Gasteiger partial charge is 0.246 e. The highest BCUT2D eigenvalue weighted by atomic mass is 32.2. The molecule has 18 heavy (non-hydrogen) atoms. The Morgan fingerprint density at radius 1 is 1.28 bits per heavy atom. The molecule has 1 aliphatic rings. The van der Waals surface area contributed by atoms with Gasteiger partial charge in [0.1, 0.15) is 4.90 Å². The maximum atomic E-state index is 12.3. The fourth-order valence-electron chi connectivity index (χ4n) is 1.69. The van der Waals surface area contributed by atoms with Crippen LogP contribution in [0, 0.1) is 0 Å². The van der Waals surface area contributed by atoms with Gasteiger partial charge in [0.25, 0.3) is 0 Å². The fraction of sp³-hybridized carbons (Fsp3) is 0.600. The Labute approximate surface area is 106 Å². The van der Waals surface area contributed by atoms with E-state index in [2.05, 4.69) is 15.3 Å². The van der Waals surface area contributed by atoms with Gasteiger partial charge in [0.15, 0.2) is 0 Å². The predicted octanol–water partition coefficient (Wildman–Crippen LogP) is -0.0707. The second-order valence-corrected chi connectivity index (χ2v) is 5.80. The second-order valence-electron chi connectivity index (χ2n) is 3.86. The first kappa shape index (κ1) is 13.2. The van der Waals surface area contributed by atoms with Gasteiger partial charge in [0.2, 0.25) is 16.0 Å². The Morgan fingerprint density at radius 3 is 2.67 bits per heavy atom. The number of ether oxygens (including phenoxy) is 1. The number of sulfonamides is 1. The summed E-state index contributed by atoms with van der Waals surface area (Å²) in [6.45, 7) is 1.86. The van der Waals surface area contributed by atoms with Gasteiger partial charge in [-0.1, -0.05) is 0 Å². The number of nitrogens with one attached hydrogen (secondary N) is 1. The number of hydrogen-bond donors (Lipinski definition) is 1. The highest BCUT2D eigenvalue weighted by Gasteiger charge is 2.25. The standard InChI is InChI=1S/C10H16N4O3S/c1-11-10-12-7-9(8-13-10)18(15,16)14-3-2-5-17-6-4-14/h7-8H,2-6H2,1H3,(H,11,12,13). The molecule has 1 aromatic heterocycles. The molecule has 1 aromatic rings. The Balaban J connectivity index is 2.22. The minimum absolute atomic E-state index is 0.114. The van der Waals surface area contributed by atoms with Crippen molar-refractivity contribution in [2.75, 3.05) is 38.7 Å². The van der Waals surface area contributed by atoms with Crippen molar-refractivity contribution in [1.82, 2.24) is 14.3 Å². The van der Waals surface area contributed by atoms with E-state index in [-0.39, 0.29) is 4.90 Å². The number of anilines is 1. The van der Waals surface area contributed by atoms with Crippen LogP contribution in [0.2, 0.25) is 0 Å². The number of rotatable bonds is 3. The maximum absolute atomic E-state index is 12.3. The average Bonchev–Trinajstić information content (AvgIpc) is 2.68. The summed E-state index contributed by atoms with van der Waals surface area (Å²) in [6.07, 6.45) is 3.34.